The summed E-state index contributed by atoms with van der Waals surface area (Å²) in [7, 11) is 0. The van der Waals surface area contributed by atoms with E-state index < -0.39 is 0 Å². The quantitative estimate of drug-likeness (QED) is 0.138. The highest BCUT2D eigenvalue weighted by Gasteiger charge is 2.21. The molecular weight excluding hydrogens is 561 g/mol. The molecule has 1 heterocycles. The molecule has 3 rings (SSSR count). The molecule has 0 radical (unpaired) electrons. The number of allylic oxidation sites excluding steroid dienone is 1. The van der Waals surface area contributed by atoms with Crippen molar-refractivity contribution < 1.29 is 9.53 Å². The molecule has 0 atom stereocenters. The minimum absolute atomic E-state index is 0.0167. The van der Waals surface area contributed by atoms with Gasteiger partial charge in [-0.2, -0.15) is 0 Å². The van der Waals surface area contributed by atoms with Gasteiger partial charge in [0.05, 0.1) is 12.5 Å². The molecule has 0 aromatic heterocycles. The molecule has 5 heteroatoms. The van der Waals surface area contributed by atoms with E-state index in [4.69, 9.17) is 4.74 Å². The fraction of sp³-hybridized carbons (Fsp3) is 0.615. The largest absolute Gasteiger partial charge is 0.493 e. The summed E-state index contributed by atoms with van der Waals surface area (Å²) < 4.78 is 6.34. The molecule has 1 aliphatic rings. The molecule has 0 unspecified atom stereocenters. The standard InChI is InChI=1S/C39H60N2O2S/c1-7-8-9-10-11-12-13-14-15-16-17-18-26-43-38-23-22-34(28-37(38)39(4,5)6)24-25-41(33(3)42)36-21-19-20-35(27-36)30-40-29-32(2)44-31-40/h19-23,27-29H,7-18,24-26,30-31H2,1-6H3. The second-order valence-corrected chi connectivity index (χ2v) is 14.9. The van der Waals surface area contributed by atoms with E-state index in [2.05, 4.69) is 88.2 Å². The Labute approximate surface area is 274 Å². The highest BCUT2D eigenvalue weighted by molar-refractivity contribution is 8.03. The topological polar surface area (TPSA) is 32.8 Å². The zero-order valence-electron chi connectivity index (χ0n) is 28.8. The molecule has 0 saturated heterocycles. The lowest BCUT2D eigenvalue weighted by Crippen LogP contribution is -2.31. The Morgan fingerprint density at radius 1 is 0.886 bits per heavy atom. The molecule has 0 aliphatic carbocycles. The number of nitrogens with zero attached hydrogens (tertiary/aromatic N) is 2. The molecule has 0 N–H and O–H groups in total. The smallest absolute Gasteiger partial charge is 0.223 e. The molecule has 2 aromatic rings. The van der Waals surface area contributed by atoms with Gasteiger partial charge in [-0.15, -0.1) is 11.8 Å². The van der Waals surface area contributed by atoms with E-state index >= 15 is 0 Å². The Bertz CT molecular complexity index is 1170. The van der Waals surface area contributed by atoms with E-state index in [-0.39, 0.29) is 11.3 Å². The van der Waals surface area contributed by atoms with Gasteiger partial charge < -0.3 is 14.5 Å². The van der Waals surface area contributed by atoms with Gasteiger partial charge in [-0.25, -0.2) is 0 Å². The summed E-state index contributed by atoms with van der Waals surface area (Å²) >= 11 is 1.87. The number of amides is 1. The zero-order valence-corrected chi connectivity index (χ0v) is 29.6. The fourth-order valence-electron chi connectivity index (χ4n) is 5.94. The predicted octanol–water partition coefficient (Wildman–Crippen LogP) is 11.0. The second kappa shape index (κ2) is 19.2. The number of thioether (sulfide) groups is 1. The van der Waals surface area contributed by atoms with Gasteiger partial charge in [-0.1, -0.05) is 123 Å². The number of ether oxygens (including phenoxy) is 1. The highest BCUT2D eigenvalue weighted by atomic mass is 32.2. The summed E-state index contributed by atoms with van der Waals surface area (Å²) in [5.41, 5.74) is 4.67. The van der Waals surface area contributed by atoms with Crippen LogP contribution in [0.4, 0.5) is 5.69 Å². The Kier molecular flexibility index (Phi) is 15.7. The molecule has 0 fully saturated rings. The average molecular weight is 621 g/mol. The lowest BCUT2D eigenvalue weighted by atomic mass is 9.85. The van der Waals surface area contributed by atoms with Gasteiger partial charge in [0.25, 0.3) is 0 Å². The minimum Gasteiger partial charge on any atom is -0.493 e. The number of hydrogen-bond acceptors (Lipinski definition) is 4. The van der Waals surface area contributed by atoms with E-state index in [1.54, 1.807) is 6.92 Å². The van der Waals surface area contributed by atoms with Crippen LogP contribution >= 0.6 is 11.8 Å². The molecule has 0 saturated carbocycles. The van der Waals surface area contributed by atoms with Gasteiger partial charge in [0.15, 0.2) is 0 Å². The number of unbranched alkanes of at least 4 members (excludes halogenated alkanes) is 11. The average Bonchev–Trinajstić information content (AvgIpc) is 3.39. The van der Waals surface area contributed by atoms with Crippen molar-refractivity contribution >= 4 is 23.4 Å². The van der Waals surface area contributed by atoms with E-state index in [1.165, 1.54) is 92.2 Å². The number of benzene rings is 2. The van der Waals surface area contributed by atoms with Gasteiger partial charge >= 0.3 is 0 Å². The monoisotopic (exact) mass is 620 g/mol. The number of hydrogen-bond donors (Lipinski definition) is 0. The van der Waals surface area contributed by atoms with Crippen LogP contribution in [0.3, 0.4) is 0 Å². The Morgan fingerprint density at radius 3 is 2.14 bits per heavy atom. The van der Waals surface area contributed by atoms with Crippen LogP contribution in [0.25, 0.3) is 0 Å². The third-order valence-corrected chi connectivity index (χ3v) is 9.56. The summed E-state index contributed by atoms with van der Waals surface area (Å²) in [6.07, 6.45) is 19.2. The van der Waals surface area contributed by atoms with E-state index in [9.17, 15) is 4.79 Å². The first kappa shape index (κ1) is 36.1. The third kappa shape index (κ3) is 12.9. The first-order chi connectivity index (χ1) is 21.2. The molecular formula is C39H60N2O2S. The molecule has 4 nitrogen and oxygen atoms in total. The maximum atomic E-state index is 12.7. The summed E-state index contributed by atoms with van der Waals surface area (Å²) in [4.78, 5) is 18.3. The van der Waals surface area contributed by atoms with Crippen molar-refractivity contribution in [1.82, 2.24) is 4.90 Å². The number of rotatable bonds is 20. The molecule has 1 aliphatic heterocycles. The predicted molar refractivity (Wildman–Crippen MR) is 192 cm³/mol. The number of anilines is 1. The first-order valence-electron chi connectivity index (χ1n) is 17.4. The van der Waals surface area contributed by atoms with Crippen molar-refractivity contribution in [2.24, 2.45) is 0 Å². The van der Waals surface area contributed by atoms with Crippen LogP contribution in [-0.2, 0) is 23.2 Å². The van der Waals surface area contributed by atoms with Gasteiger partial charge in [0.1, 0.15) is 5.75 Å². The van der Waals surface area contributed by atoms with Crippen molar-refractivity contribution in [1.29, 1.82) is 0 Å². The number of carbonyl (C=O) groups excluding carboxylic acids is 1. The molecule has 0 bridgehead atoms. The fourth-order valence-corrected chi connectivity index (χ4v) is 6.70. The van der Waals surface area contributed by atoms with E-state index in [0.29, 0.717) is 6.54 Å². The van der Waals surface area contributed by atoms with Gasteiger partial charge in [0, 0.05) is 31.9 Å². The summed E-state index contributed by atoms with van der Waals surface area (Å²) in [5.74, 6) is 2.07. The van der Waals surface area contributed by atoms with Crippen LogP contribution in [0.2, 0.25) is 0 Å². The number of carbonyl (C=O) groups is 1. The van der Waals surface area contributed by atoms with Crippen molar-refractivity contribution in [3.05, 3.63) is 70.3 Å². The maximum Gasteiger partial charge on any atom is 0.223 e. The molecule has 244 valence electrons. The van der Waals surface area contributed by atoms with Gasteiger partial charge in [-0.05, 0) is 65.0 Å². The Balaban J connectivity index is 1.47. The molecule has 0 spiro atoms. The van der Waals surface area contributed by atoms with Crippen molar-refractivity contribution in [2.45, 2.75) is 137 Å². The molecule has 44 heavy (non-hydrogen) atoms. The van der Waals surface area contributed by atoms with Crippen molar-refractivity contribution in [2.75, 3.05) is 23.9 Å². The SMILES string of the molecule is CCCCCCCCCCCCCCOc1ccc(CCN(C(C)=O)c2cccc(CN3C=C(C)SC3)c2)cc1C(C)(C)C. The van der Waals surface area contributed by atoms with Crippen molar-refractivity contribution in [3.63, 3.8) is 0 Å². The normalized spacial score (nSPS) is 13.3. The van der Waals surface area contributed by atoms with Crippen LogP contribution < -0.4 is 9.64 Å². The molecule has 2 aromatic carbocycles. The van der Waals surface area contributed by atoms with Crippen LogP contribution in [0, 0.1) is 0 Å². The van der Waals surface area contributed by atoms with E-state index in [1.807, 2.05) is 16.7 Å². The zero-order chi connectivity index (χ0) is 31.8. The van der Waals surface area contributed by atoms with Crippen LogP contribution in [0.1, 0.15) is 135 Å². The van der Waals surface area contributed by atoms with Gasteiger partial charge in [0.2, 0.25) is 5.91 Å². The Morgan fingerprint density at radius 2 is 1.55 bits per heavy atom. The van der Waals surface area contributed by atoms with Gasteiger partial charge in [-0.3, -0.25) is 4.79 Å². The van der Waals surface area contributed by atoms with Crippen LogP contribution in [0.5, 0.6) is 5.75 Å². The molecule has 1 amide bonds. The maximum absolute atomic E-state index is 12.7. The van der Waals surface area contributed by atoms with E-state index in [0.717, 1.165) is 43.3 Å². The summed E-state index contributed by atoms with van der Waals surface area (Å²) in [6.45, 7) is 15.2. The Hall–Kier alpha value is -2.40. The third-order valence-electron chi connectivity index (χ3n) is 8.54. The van der Waals surface area contributed by atoms with Crippen LogP contribution in [0.15, 0.2) is 53.6 Å². The summed E-state index contributed by atoms with van der Waals surface area (Å²) in [6, 6.07) is 15.1. The van der Waals surface area contributed by atoms with Crippen molar-refractivity contribution in [3.8, 4) is 5.75 Å². The first-order valence-corrected chi connectivity index (χ1v) is 18.3. The lowest BCUT2D eigenvalue weighted by Gasteiger charge is -2.25. The lowest BCUT2D eigenvalue weighted by molar-refractivity contribution is -0.116. The van der Waals surface area contributed by atoms with Crippen LogP contribution in [-0.4, -0.2) is 29.8 Å². The highest BCUT2D eigenvalue weighted by Crippen LogP contribution is 2.33. The second-order valence-electron chi connectivity index (χ2n) is 13.7. The summed E-state index contributed by atoms with van der Waals surface area (Å²) in [5, 5.41) is 0. The minimum atomic E-state index is -0.0167.